The van der Waals surface area contributed by atoms with Gasteiger partial charge in [-0.15, -0.1) is 0 Å². The molecule has 0 aromatic rings. The van der Waals surface area contributed by atoms with Crippen LogP contribution in [0.2, 0.25) is 0 Å². The topological polar surface area (TPSA) is 218 Å². The Morgan fingerprint density at radius 3 is 2.04 bits per heavy atom. The van der Waals surface area contributed by atoms with Crippen molar-refractivity contribution in [2.45, 2.75) is 55.1 Å². The minimum Gasteiger partial charge on any atom is -0.479 e. The first kappa shape index (κ1) is 24.7. The molecule has 0 bridgehead atoms. The molecule has 1 saturated heterocycles. The average molecular weight is 424 g/mol. The van der Waals surface area contributed by atoms with E-state index in [1.165, 1.54) is 0 Å². The van der Waals surface area contributed by atoms with Crippen LogP contribution in [0.5, 0.6) is 0 Å². The molecule has 0 aromatic carbocycles. The molecule has 25 heavy (non-hydrogen) atoms. The second kappa shape index (κ2) is 10.7. The molecular formula is C12H22O12Zn. The summed E-state index contributed by atoms with van der Waals surface area (Å²) in [6.07, 6.45) is -16.9. The van der Waals surface area contributed by atoms with Crippen LogP contribution in [0, 0.1) is 0 Å². The molecule has 1 rings (SSSR count). The first-order chi connectivity index (χ1) is 11.1. The second-order valence-electron chi connectivity index (χ2n) is 5.32. The molecule has 1 aliphatic heterocycles. The van der Waals surface area contributed by atoms with E-state index in [1.54, 1.807) is 0 Å². The first-order valence-corrected chi connectivity index (χ1v) is 6.99. The van der Waals surface area contributed by atoms with E-state index in [4.69, 9.17) is 24.8 Å². The Labute approximate surface area is 154 Å². The predicted octanol–water partition coefficient (Wildman–Crippen LogP) is -5.67. The molecule has 13 heteroatoms. The zero-order valence-electron chi connectivity index (χ0n) is 13.1. The fraction of sp³-hybridized carbons (Fsp3) is 0.917. The smallest absolute Gasteiger partial charge is 0.335 e. The van der Waals surface area contributed by atoms with Gasteiger partial charge in [0.05, 0.1) is 13.2 Å². The molecule has 0 amide bonds. The van der Waals surface area contributed by atoms with Crippen LogP contribution in [-0.4, -0.2) is 120 Å². The van der Waals surface area contributed by atoms with Crippen molar-refractivity contribution in [1.29, 1.82) is 0 Å². The maximum atomic E-state index is 10.7. The van der Waals surface area contributed by atoms with E-state index in [1.807, 2.05) is 0 Å². The van der Waals surface area contributed by atoms with Crippen LogP contribution in [0.1, 0.15) is 0 Å². The SMILES string of the molecule is O=C(O)[C@H](O)[C@@H](O)[C@H](O[C@@H]1O[C@H](CO)[C@H](O)[C@H](O)[C@H]1O)[C@H](O)CO.[Zn]. The monoisotopic (exact) mass is 422 g/mol. The number of hydrogen-bond donors (Lipinski definition) is 9. The maximum absolute atomic E-state index is 10.7. The fourth-order valence-corrected chi connectivity index (χ4v) is 2.16. The summed E-state index contributed by atoms with van der Waals surface area (Å²) in [5, 5.41) is 84.5. The van der Waals surface area contributed by atoms with Crippen molar-refractivity contribution in [2.75, 3.05) is 13.2 Å². The third kappa shape index (κ3) is 5.84. The maximum Gasteiger partial charge on any atom is 0.335 e. The summed E-state index contributed by atoms with van der Waals surface area (Å²) in [5.74, 6) is -1.84. The van der Waals surface area contributed by atoms with Gasteiger partial charge in [0.1, 0.15) is 42.7 Å². The molecule has 0 unspecified atom stereocenters. The summed E-state index contributed by atoms with van der Waals surface area (Å²) >= 11 is 0. The van der Waals surface area contributed by atoms with E-state index in [0.717, 1.165) is 0 Å². The summed E-state index contributed by atoms with van der Waals surface area (Å²) in [5.41, 5.74) is 0. The Morgan fingerprint density at radius 2 is 1.60 bits per heavy atom. The normalized spacial score (nSPS) is 34.5. The Balaban J connectivity index is 0.00000576. The van der Waals surface area contributed by atoms with Gasteiger partial charge in [-0.05, 0) is 0 Å². The van der Waals surface area contributed by atoms with Crippen LogP contribution in [0.4, 0.5) is 0 Å². The van der Waals surface area contributed by atoms with Gasteiger partial charge in [-0.25, -0.2) is 4.79 Å². The van der Waals surface area contributed by atoms with Crippen molar-refractivity contribution in [1.82, 2.24) is 0 Å². The summed E-state index contributed by atoms with van der Waals surface area (Å²) in [4.78, 5) is 10.7. The molecule has 0 aromatic heterocycles. The van der Waals surface area contributed by atoms with Gasteiger partial charge < -0.3 is 55.4 Å². The van der Waals surface area contributed by atoms with Gasteiger partial charge >= 0.3 is 5.97 Å². The van der Waals surface area contributed by atoms with Crippen LogP contribution < -0.4 is 0 Å². The summed E-state index contributed by atoms with van der Waals surface area (Å²) in [6, 6.07) is 0. The van der Waals surface area contributed by atoms with Crippen molar-refractivity contribution in [3.63, 3.8) is 0 Å². The quantitative estimate of drug-likeness (QED) is 0.167. The van der Waals surface area contributed by atoms with E-state index in [9.17, 15) is 35.4 Å². The number of aliphatic carboxylic acids is 1. The minimum atomic E-state index is -2.39. The van der Waals surface area contributed by atoms with Crippen LogP contribution in [0.15, 0.2) is 0 Å². The molecule has 1 fully saturated rings. The Bertz CT molecular complexity index is 410. The molecule has 0 aliphatic carbocycles. The van der Waals surface area contributed by atoms with Gasteiger partial charge in [0.25, 0.3) is 0 Å². The van der Waals surface area contributed by atoms with E-state index < -0.39 is 74.3 Å². The summed E-state index contributed by atoms with van der Waals surface area (Å²) < 4.78 is 9.98. The van der Waals surface area contributed by atoms with E-state index >= 15 is 0 Å². The van der Waals surface area contributed by atoms with Crippen molar-refractivity contribution >= 4 is 5.97 Å². The first-order valence-electron chi connectivity index (χ1n) is 6.99. The van der Waals surface area contributed by atoms with Crippen molar-refractivity contribution < 1.29 is 79.7 Å². The van der Waals surface area contributed by atoms with Gasteiger partial charge in [0.15, 0.2) is 12.4 Å². The second-order valence-corrected chi connectivity index (χ2v) is 5.32. The number of hydrogen-bond acceptors (Lipinski definition) is 11. The van der Waals surface area contributed by atoms with Gasteiger partial charge in [-0.3, -0.25) is 0 Å². The van der Waals surface area contributed by atoms with Crippen molar-refractivity contribution in [2.24, 2.45) is 0 Å². The molecule has 144 valence electrons. The van der Waals surface area contributed by atoms with Crippen molar-refractivity contribution in [3.8, 4) is 0 Å². The number of rotatable bonds is 8. The molecule has 1 aliphatic rings. The number of carboxylic acid groups (broad SMARTS) is 1. The number of ether oxygens (including phenoxy) is 2. The number of aliphatic hydroxyl groups is 8. The zero-order chi connectivity index (χ0) is 18.6. The number of carbonyl (C=O) groups is 1. The van der Waals surface area contributed by atoms with Crippen molar-refractivity contribution in [3.05, 3.63) is 0 Å². The van der Waals surface area contributed by atoms with Crippen LogP contribution >= 0.6 is 0 Å². The Kier molecular flexibility index (Phi) is 10.6. The Hall–Kier alpha value is -0.307. The standard InChI is InChI=1S/C12H22O12.Zn/c13-1-3(15)10(7(18)8(19)11(21)22)24-12-9(20)6(17)5(16)4(2-14)23-12;/h3-10,12-20H,1-2H2,(H,21,22);/t3-,4-,5+,6+,7-,8-,9-,10-,12+;/m1./s1. The van der Waals surface area contributed by atoms with Gasteiger partial charge in [0.2, 0.25) is 0 Å². The molecule has 9 atom stereocenters. The fourth-order valence-electron chi connectivity index (χ4n) is 2.16. The minimum absolute atomic E-state index is 0. The van der Waals surface area contributed by atoms with Crippen LogP contribution in [0.3, 0.4) is 0 Å². The third-order valence-electron chi connectivity index (χ3n) is 3.62. The molecule has 0 radical (unpaired) electrons. The van der Waals surface area contributed by atoms with Crippen LogP contribution in [0.25, 0.3) is 0 Å². The van der Waals surface area contributed by atoms with E-state index in [-0.39, 0.29) is 19.5 Å². The van der Waals surface area contributed by atoms with E-state index in [2.05, 4.69) is 0 Å². The molecular weight excluding hydrogens is 402 g/mol. The Morgan fingerprint density at radius 1 is 1.04 bits per heavy atom. The third-order valence-corrected chi connectivity index (χ3v) is 3.62. The molecule has 0 saturated carbocycles. The number of carboxylic acids is 1. The average Bonchev–Trinajstić information content (AvgIpc) is 2.57. The summed E-state index contributed by atoms with van der Waals surface area (Å²) in [7, 11) is 0. The number of aliphatic hydroxyl groups excluding tert-OH is 8. The molecule has 1 heterocycles. The molecule has 12 nitrogen and oxygen atoms in total. The molecule has 0 spiro atoms. The summed E-state index contributed by atoms with van der Waals surface area (Å²) in [6.45, 7) is -1.76. The predicted molar refractivity (Wildman–Crippen MR) is 71.4 cm³/mol. The molecule has 9 N–H and O–H groups in total. The van der Waals surface area contributed by atoms with Gasteiger partial charge in [0, 0.05) is 19.5 Å². The zero-order valence-corrected chi connectivity index (χ0v) is 16.0. The largest absolute Gasteiger partial charge is 0.479 e. The van der Waals surface area contributed by atoms with Crippen LogP contribution in [-0.2, 0) is 33.7 Å². The van der Waals surface area contributed by atoms with Gasteiger partial charge in [-0.1, -0.05) is 0 Å². The van der Waals surface area contributed by atoms with Gasteiger partial charge in [-0.2, -0.15) is 0 Å². The van der Waals surface area contributed by atoms with E-state index in [0.29, 0.717) is 0 Å².